The van der Waals surface area contributed by atoms with Crippen LogP contribution in [0.25, 0.3) is 22.0 Å². The Morgan fingerprint density at radius 3 is 2.51 bits per heavy atom. The van der Waals surface area contributed by atoms with Gasteiger partial charge in [0.1, 0.15) is 17.0 Å². The average Bonchev–Trinajstić information content (AvgIpc) is 3.31. The van der Waals surface area contributed by atoms with Gasteiger partial charge < -0.3 is 5.32 Å². The third-order valence-electron chi connectivity index (χ3n) is 6.57. The monoisotopic (exact) mass is 560 g/mol. The molecule has 1 aliphatic rings. The van der Waals surface area contributed by atoms with Gasteiger partial charge in [0.05, 0.1) is 5.52 Å². The maximum Gasteiger partial charge on any atom is 0.435 e. The molecule has 1 saturated heterocycles. The number of fused-ring (bicyclic) bond motifs is 1. The molecular weight excluding hydrogens is 533 g/mol. The number of sulfonamides is 1. The minimum Gasteiger partial charge on any atom is -0.366 e. The maximum atomic E-state index is 13.6. The molecule has 3 aromatic heterocycles. The molecule has 206 valence electrons. The Kier molecular flexibility index (Phi) is 7.27. The SMILES string of the molecule is C[C@@H](CN1CCN(S(=O)(=O)c2cccnc2)CC1)Nc1ncnc2c(-c3cn(C)nc3C(F)(F)F)cccc12. The summed E-state index contributed by atoms with van der Waals surface area (Å²) < 4.78 is 69.2. The molecule has 1 atom stereocenters. The molecule has 0 aliphatic carbocycles. The van der Waals surface area contributed by atoms with Crippen molar-refractivity contribution in [1.82, 2.24) is 33.9 Å². The molecule has 0 spiro atoms. The molecule has 1 aromatic carbocycles. The molecule has 10 nitrogen and oxygen atoms in total. The average molecular weight is 561 g/mol. The zero-order valence-electron chi connectivity index (χ0n) is 21.3. The van der Waals surface area contributed by atoms with E-state index in [0.29, 0.717) is 55.0 Å². The van der Waals surface area contributed by atoms with Crippen LogP contribution in [0, 0.1) is 0 Å². The van der Waals surface area contributed by atoms with Crippen molar-refractivity contribution in [2.24, 2.45) is 7.05 Å². The molecule has 1 fully saturated rings. The van der Waals surface area contributed by atoms with E-state index in [1.54, 1.807) is 24.3 Å². The molecule has 1 N–H and O–H groups in total. The Hall–Kier alpha value is -3.62. The molecule has 39 heavy (non-hydrogen) atoms. The Morgan fingerprint density at radius 1 is 1.05 bits per heavy atom. The lowest BCUT2D eigenvalue weighted by Crippen LogP contribution is -2.50. The number of hydrogen-bond donors (Lipinski definition) is 1. The third-order valence-corrected chi connectivity index (χ3v) is 8.45. The number of halogens is 3. The van der Waals surface area contributed by atoms with Crippen LogP contribution in [0.15, 0.2) is 60.1 Å². The van der Waals surface area contributed by atoms with Gasteiger partial charge in [0.2, 0.25) is 10.0 Å². The normalized spacial score (nSPS) is 16.4. The fraction of sp³-hybridized carbons (Fsp3) is 0.360. The van der Waals surface area contributed by atoms with Crippen LogP contribution in [0.5, 0.6) is 0 Å². The van der Waals surface area contributed by atoms with Crippen LogP contribution in [0.4, 0.5) is 19.0 Å². The number of anilines is 1. The number of rotatable bonds is 7. The van der Waals surface area contributed by atoms with Gasteiger partial charge in [-0.05, 0) is 25.1 Å². The van der Waals surface area contributed by atoms with Gasteiger partial charge in [0.25, 0.3) is 0 Å². The Morgan fingerprint density at radius 2 is 1.82 bits per heavy atom. The van der Waals surface area contributed by atoms with E-state index >= 15 is 0 Å². The topological polar surface area (TPSA) is 109 Å². The Labute approximate surface area is 223 Å². The van der Waals surface area contributed by atoms with Crippen LogP contribution in [0.2, 0.25) is 0 Å². The first-order valence-electron chi connectivity index (χ1n) is 12.3. The summed E-state index contributed by atoms with van der Waals surface area (Å²) in [5, 5.41) is 7.56. The van der Waals surface area contributed by atoms with Gasteiger partial charge in [-0.1, -0.05) is 12.1 Å². The molecule has 0 bridgehead atoms. The Bertz CT molecular complexity index is 1570. The fourth-order valence-electron chi connectivity index (χ4n) is 4.78. The predicted molar refractivity (Wildman–Crippen MR) is 139 cm³/mol. The molecule has 0 unspecified atom stereocenters. The molecule has 0 saturated carbocycles. The van der Waals surface area contributed by atoms with Crippen molar-refractivity contribution in [2.75, 3.05) is 38.0 Å². The van der Waals surface area contributed by atoms with E-state index in [1.165, 1.54) is 42.3 Å². The second-order valence-corrected chi connectivity index (χ2v) is 11.4. The lowest BCUT2D eigenvalue weighted by molar-refractivity contribution is -0.140. The van der Waals surface area contributed by atoms with Crippen molar-refractivity contribution < 1.29 is 21.6 Å². The van der Waals surface area contributed by atoms with Crippen molar-refractivity contribution in [3.05, 3.63) is 60.9 Å². The fourth-order valence-corrected chi connectivity index (χ4v) is 6.17. The number of piperazine rings is 1. The number of nitrogens with one attached hydrogen (secondary N) is 1. The van der Waals surface area contributed by atoms with Crippen molar-refractivity contribution >= 4 is 26.7 Å². The zero-order chi connectivity index (χ0) is 27.8. The highest BCUT2D eigenvalue weighted by atomic mass is 32.2. The molecule has 14 heteroatoms. The number of alkyl halides is 3. The molecule has 4 heterocycles. The highest BCUT2D eigenvalue weighted by Gasteiger charge is 2.38. The first-order valence-corrected chi connectivity index (χ1v) is 13.7. The van der Waals surface area contributed by atoms with E-state index in [9.17, 15) is 21.6 Å². The van der Waals surface area contributed by atoms with E-state index in [1.807, 2.05) is 6.92 Å². The highest BCUT2D eigenvalue weighted by molar-refractivity contribution is 7.89. The zero-order valence-corrected chi connectivity index (χ0v) is 22.1. The molecule has 5 rings (SSSR count). The largest absolute Gasteiger partial charge is 0.435 e. The first-order chi connectivity index (χ1) is 18.5. The van der Waals surface area contributed by atoms with Crippen molar-refractivity contribution in [1.29, 1.82) is 0 Å². The minimum absolute atomic E-state index is 0.0487. The number of aromatic nitrogens is 5. The summed E-state index contributed by atoms with van der Waals surface area (Å²) in [6, 6.07) is 8.08. The van der Waals surface area contributed by atoms with E-state index in [2.05, 4.69) is 30.3 Å². The summed E-state index contributed by atoms with van der Waals surface area (Å²) in [6.07, 6.45) is 0.938. The quantitative estimate of drug-likeness (QED) is 0.367. The van der Waals surface area contributed by atoms with Crippen molar-refractivity contribution in [2.45, 2.75) is 24.0 Å². The van der Waals surface area contributed by atoms with Gasteiger partial charge in [-0.15, -0.1) is 0 Å². The van der Waals surface area contributed by atoms with E-state index in [4.69, 9.17) is 0 Å². The molecule has 4 aromatic rings. The molecule has 0 amide bonds. The lowest BCUT2D eigenvalue weighted by Gasteiger charge is -2.35. The van der Waals surface area contributed by atoms with E-state index < -0.39 is 21.9 Å². The first kappa shape index (κ1) is 27.0. The summed E-state index contributed by atoms with van der Waals surface area (Å²) in [5.74, 6) is 0.504. The third kappa shape index (κ3) is 5.58. The molecule has 0 radical (unpaired) electrons. The van der Waals surface area contributed by atoms with E-state index in [0.717, 1.165) is 4.68 Å². The van der Waals surface area contributed by atoms with Gasteiger partial charge in [-0.2, -0.15) is 22.6 Å². The summed E-state index contributed by atoms with van der Waals surface area (Å²) in [6.45, 7) is 4.42. The van der Waals surface area contributed by atoms with Gasteiger partial charge in [0, 0.05) is 80.9 Å². The van der Waals surface area contributed by atoms with Gasteiger partial charge in [-0.3, -0.25) is 14.6 Å². The Balaban J connectivity index is 1.29. The van der Waals surface area contributed by atoms with Crippen LogP contribution in [-0.2, 0) is 23.2 Å². The predicted octanol–water partition coefficient (Wildman–Crippen LogP) is 3.25. The van der Waals surface area contributed by atoms with Crippen molar-refractivity contribution in [3.8, 4) is 11.1 Å². The van der Waals surface area contributed by atoms with Gasteiger partial charge in [0.15, 0.2) is 5.69 Å². The number of pyridine rings is 1. The van der Waals surface area contributed by atoms with Crippen LogP contribution in [-0.4, -0.2) is 81.1 Å². The standard InChI is InChI=1S/C25H27F3N8O2S/c1-17(14-35-9-11-36(12-10-35)39(37,38)18-5-4-8-29-13-18)32-24-20-7-3-6-19(22(20)30-16-31-24)21-15-34(2)33-23(21)25(26,27)28/h3-8,13,15-17H,9-12,14H2,1-2H3,(H,30,31,32)/t17-/m0/s1. The lowest BCUT2D eigenvalue weighted by atomic mass is 10.0. The number of benzene rings is 1. The second kappa shape index (κ2) is 10.5. The van der Waals surface area contributed by atoms with Crippen molar-refractivity contribution in [3.63, 3.8) is 0 Å². The van der Waals surface area contributed by atoms with Gasteiger partial charge >= 0.3 is 6.18 Å². The number of aryl methyl sites for hydroxylation is 1. The number of nitrogens with zero attached hydrogens (tertiary/aromatic N) is 7. The minimum atomic E-state index is -4.61. The summed E-state index contributed by atoms with van der Waals surface area (Å²) in [7, 11) is -2.14. The van der Waals surface area contributed by atoms with Crippen LogP contribution >= 0.6 is 0 Å². The van der Waals surface area contributed by atoms with Crippen LogP contribution in [0.1, 0.15) is 12.6 Å². The van der Waals surface area contributed by atoms with Crippen LogP contribution in [0.3, 0.4) is 0 Å². The summed E-state index contributed by atoms with van der Waals surface area (Å²) in [5.41, 5.74) is -0.317. The smallest absolute Gasteiger partial charge is 0.366 e. The number of para-hydroxylation sites is 1. The van der Waals surface area contributed by atoms with Gasteiger partial charge in [-0.25, -0.2) is 18.4 Å². The number of hydrogen-bond acceptors (Lipinski definition) is 8. The van der Waals surface area contributed by atoms with Crippen LogP contribution < -0.4 is 5.32 Å². The summed E-state index contributed by atoms with van der Waals surface area (Å²) >= 11 is 0. The van der Waals surface area contributed by atoms with E-state index in [-0.39, 0.29) is 16.5 Å². The molecule has 1 aliphatic heterocycles. The molecular formula is C25H27F3N8O2S. The maximum absolute atomic E-state index is 13.6. The summed E-state index contributed by atoms with van der Waals surface area (Å²) in [4.78, 5) is 14.9. The highest BCUT2D eigenvalue weighted by Crippen LogP contribution is 2.38. The second-order valence-electron chi connectivity index (χ2n) is 9.43.